The predicted octanol–water partition coefficient (Wildman–Crippen LogP) is 2.02. The second kappa shape index (κ2) is 11.6. The van der Waals surface area contributed by atoms with E-state index < -0.39 is 28.5 Å². The van der Waals surface area contributed by atoms with Crippen LogP contribution < -0.4 is 19.1 Å². The topological polar surface area (TPSA) is 105 Å². The van der Waals surface area contributed by atoms with Crippen LogP contribution in [0.25, 0.3) is 0 Å². The summed E-state index contributed by atoms with van der Waals surface area (Å²) in [5.41, 5.74) is 1.07. The lowest BCUT2D eigenvalue weighted by Crippen LogP contribution is -2.51. The molecular weight excluding hydrogens is 446 g/mol. The monoisotopic (exact) mass is 477 g/mol. The molecule has 0 aliphatic carbocycles. The minimum Gasteiger partial charge on any atom is -0.497 e. The molecule has 0 bridgehead atoms. The number of sulfonamides is 1. The number of anilines is 1. The van der Waals surface area contributed by atoms with Crippen molar-refractivity contribution in [3.8, 4) is 11.5 Å². The Morgan fingerprint density at radius 3 is 2.18 bits per heavy atom. The largest absolute Gasteiger partial charge is 0.497 e. The van der Waals surface area contributed by atoms with Crippen molar-refractivity contribution in [2.45, 2.75) is 25.9 Å². The summed E-state index contributed by atoms with van der Waals surface area (Å²) in [6.45, 7) is 1.46. The van der Waals surface area contributed by atoms with Gasteiger partial charge in [-0.3, -0.25) is 13.9 Å². The van der Waals surface area contributed by atoms with Crippen molar-refractivity contribution in [3.63, 3.8) is 0 Å². The maximum absolute atomic E-state index is 13.5. The van der Waals surface area contributed by atoms with Crippen LogP contribution in [0.2, 0.25) is 0 Å². The normalized spacial score (nSPS) is 11.9. The van der Waals surface area contributed by atoms with Gasteiger partial charge in [-0.1, -0.05) is 25.1 Å². The van der Waals surface area contributed by atoms with Crippen LogP contribution in [0.5, 0.6) is 11.5 Å². The van der Waals surface area contributed by atoms with Gasteiger partial charge in [-0.15, -0.1) is 0 Å². The van der Waals surface area contributed by atoms with Gasteiger partial charge in [-0.25, -0.2) is 8.42 Å². The Labute approximate surface area is 195 Å². The highest BCUT2D eigenvalue weighted by atomic mass is 32.2. The van der Waals surface area contributed by atoms with Gasteiger partial charge in [0.15, 0.2) is 0 Å². The van der Waals surface area contributed by atoms with Crippen LogP contribution >= 0.6 is 0 Å². The minimum absolute atomic E-state index is 0.129. The average Bonchev–Trinajstić information content (AvgIpc) is 2.81. The molecule has 2 aromatic carbocycles. The number of rotatable bonds is 11. The number of hydrogen-bond donors (Lipinski definition) is 1. The fourth-order valence-corrected chi connectivity index (χ4v) is 4.23. The highest BCUT2D eigenvalue weighted by Gasteiger charge is 2.31. The standard InChI is InChI=1S/C23H31N3O6S/c1-6-21(23(28)24-2)25(15-17-10-12-19(31-3)13-11-17)22(27)16-26(33(5,29)30)18-8-7-9-20(14-18)32-4/h7-14,21H,6,15-16H2,1-5H3,(H,24,28)/t21-/m1/s1. The van der Waals surface area contributed by atoms with Gasteiger partial charge in [0.2, 0.25) is 21.8 Å². The Bertz CT molecular complexity index is 1060. The van der Waals surface area contributed by atoms with E-state index in [4.69, 9.17) is 9.47 Å². The predicted molar refractivity (Wildman–Crippen MR) is 127 cm³/mol. The Kier molecular flexibility index (Phi) is 9.10. The van der Waals surface area contributed by atoms with E-state index in [2.05, 4.69) is 5.32 Å². The van der Waals surface area contributed by atoms with E-state index in [1.807, 2.05) is 0 Å². The number of methoxy groups -OCH3 is 2. The number of nitrogens with one attached hydrogen (secondary N) is 1. The third-order valence-electron chi connectivity index (χ3n) is 5.16. The molecule has 0 fully saturated rings. The summed E-state index contributed by atoms with van der Waals surface area (Å²) in [4.78, 5) is 27.4. The molecule has 0 aliphatic heterocycles. The summed E-state index contributed by atoms with van der Waals surface area (Å²) in [7, 11) is 0.732. The van der Waals surface area contributed by atoms with Gasteiger partial charge in [0.05, 0.1) is 26.2 Å². The first-order valence-corrected chi connectivity index (χ1v) is 12.2. The van der Waals surface area contributed by atoms with Crippen LogP contribution in [0.1, 0.15) is 18.9 Å². The van der Waals surface area contributed by atoms with E-state index in [1.54, 1.807) is 56.5 Å². The molecule has 180 valence electrons. The number of ether oxygens (including phenoxy) is 2. The molecule has 1 N–H and O–H groups in total. The van der Waals surface area contributed by atoms with Crippen LogP contribution in [0.4, 0.5) is 5.69 Å². The highest BCUT2D eigenvalue weighted by Crippen LogP contribution is 2.24. The van der Waals surface area contributed by atoms with E-state index >= 15 is 0 Å². The van der Waals surface area contributed by atoms with E-state index in [9.17, 15) is 18.0 Å². The first-order chi connectivity index (χ1) is 15.6. The maximum Gasteiger partial charge on any atom is 0.244 e. The Morgan fingerprint density at radius 1 is 1.03 bits per heavy atom. The van der Waals surface area contributed by atoms with Crippen LogP contribution in [-0.4, -0.2) is 65.2 Å². The Hall–Kier alpha value is -3.27. The number of carbonyl (C=O) groups is 2. The number of hydrogen-bond acceptors (Lipinski definition) is 6. The SMILES string of the molecule is CC[C@H](C(=O)NC)N(Cc1ccc(OC)cc1)C(=O)CN(c1cccc(OC)c1)S(C)(=O)=O. The highest BCUT2D eigenvalue weighted by molar-refractivity contribution is 7.92. The van der Waals surface area contributed by atoms with Crippen molar-refractivity contribution < 1.29 is 27.5 Å². The molecule has 0 saturated carbocycles. The van der Waals surface area contributed by atoms with Crippen molar-refractivity contribution >= 4 is 27.5 Å². The molecule has 33 heavy (non-hydrogen) atoms. The van der Waals surface area contributed by atoms with Gasteiger partial charge in [-0.05, 0) is 36.2 Å². The fourth-order valence-electron chi connectivity index (χ4n) is 3.39. The second-order valence-electron chi connectivity index (χ2n) is 7.38. The van der Waals surface area contributed by atoms with Crippen molar-refractivity contribution in [2.24, 2.45) is 0 Å². The maximum atomic E-state index is 13.5. The molecular formula is C23H31N3O6S. The lowest BCUT2D eigenvalue weighted by atomic mass is 10.1. The molecule has 0 aromatic heterocycles. The molecule has 0 spiro atoms. The Balaban J connectivity index is 2.42. The quantitative estimate of drug-likeness (QED) is 0.531. The number of benzene rings is 2. The van der Waals surface area contributed by atoms with E-state index in [0.717, 1.165) is 16.1 Å². The molecule has 1 atom stereocenters. The van der Waals surface area contributed by atoms with Crippen LogP contribution in [-0.2, 0) is 26.2 Å². The zero-order chi connectivity index (χ0) is 24.6. The zero-order valence-corrected chi connectivity index (χ0v) is 20.4. The molecule has 10 heteroatoms. The fraction of sp³-hybridized carbons (Fsp3) is 0.391. The van der Waals surface area contributed by atoms with Crippen LogP contribution in [0.3, 0.4) is 0 Å². The van der Waals surface area contributed by atoms with E-state index in [-0.39, 0.29) is 12.5 Å². The third-order valence-corrected chi connectivity index (χ3v) is 6.31. The van der Waals surface area contributed by atoms with Gasteiger partial charge in [-0.2, -0.15) is 0 Å². The average molecular weight is 478 g/mol. The summed E-state index contributed by atoms with van der Waals surface area (Å²) in [6.07, 6.45) is 1.39. The van der Waals surface area contributed by atoms with Crippen molar-refractivity contribution in [1.82, 2.24) is 10.2 Å². The molecule has 0 unspecified atom stereocenters. The van der Waals surface area contributed by atoms with Crippen molar-refractivity contribution in [1.29, 1.82) is 0 Å². The summed E-state index contributed by atoms with van der Waals surface area (Å²) in [6, 6.07) is 12.8. The van der Waals surface area contributed by atoms with Gasteiger partial charge in [0.25, 0.3) is 0 Å². The Morgan fingerprint density at radius 2 is 1.67 bits per heavy atom. The van der Waals surface area contributed by atoms with Gasteiger partial charge in [0.1, 0.15) is 24.1 Å². The molecule has 9 nitrogen and oxygen atoms in total. The lowest BCUT2D eigenvalue weighted by Gasteiger charge is -2.32. The van der Waals surface area contributed by atoms with Crippen molar-refractivity contribution in [3.05, 3.63) is 54.1 Å². The second-order valence-corrected chi connectivity index (χ2v) is 9.29. The number of likely N-dealkylation sites (N-methyl/N-ethyl adjacent to an activating group) is 1. The summed E-state index contributed by atoms with van der Waals surface area (Å²) >= 11 is 0. The zero-order valence-electron chi connectivity index (χ0n) is 19.6. The number of nitrogens with zero attached hydrogens (tertiary/aromatic N) is 2. The van der Waals surface area contributed by atoms with Gasteiger partial charge in [0, 0.05) is 19.7 Å². The van der Waals surface area contributed by atoms with E-state index in [1.165, 1.54) is 25.1 Å². The number of carbonyl (C=O) groups excluding carboxylic acids is 2. The summed E-state index contributed by atoms with van der Waals surface area (Å²) in [5.74, 6) is 0.290. The third kappa shape index (κ3) is 6.85. The summed E-state index contributed by atoms with van der Waals surface area (Å²) in [5, 5.41) is 2.58. The van der Waals surface area contributed by atoms with Crippen molar-refractivity contribution in [2.75, 3.05) is 38.4 Å². The molecule has 2 amide bonds. The molecule has 2 aromatic rings. The molecule has 0 heterocycles. The van der Waals surface area contributed by atoms with Crippen LogP contribution in [0.15, 0.2) is 48.5 Å². The number of amides is 2. The van der Waals surface area contributed by atoms with Crippen LogP contribution in [0, 0.1) is 0 Å². The van der Waals surface area contributed by atoms with Gasteiger partial charge < -0.3 is 19.7 Å². The first-order valence-electron chi connectivity index (χ1n) is 10.4. The molecule has 2 rings (SSSR count). The first kappa shape index (κ1) is 26.0. The summed E-state index contributed by atoms with van der Waals surface area (Å²) < 4.78 is 36.5. The molecule has 0 radical (unpaired) electrons. The lowest BCUT2D eigenvalue weighted by molar-refractivity contribution is -0.140. The van der Waals surface area contributed by atoms with E-state index in [0.29, 0.717) is 23.6 Å². The smallest absolute Gasteiger partial charge is 0.244 e. The molecule has 0 aliphatic rings. The van der Waals surface area contributed by atoms with Gasteiger partial charge >= 0.3 is 0 Å². The minimum atomic E-state index is -3.80. The molecule has 0 saturated heterocycles.